The van der Waals surface area contributed by atoms with Crippen molar-refractivity contribution in [2.45, 2.75) is 4.90 Å². The van der Waals surface area contributed by atoms with Gasteiger partial charge in [-0.25, -0.2) is 17.2 Å². The van der Waals surface area contributed by atoms with Gasteiger partial charge < -0.3 is 5.32 Å². The van der Waals surface area contributed by atoms with Gasteiger partial charge >= 0.3 is 0 Å². The summed E-state index contributed by atoms with van der Waals surface area (Å²) in [4.78, 5) is -0.275. The summed E-state index contributed by atoms with van der Waals surface area (Å²) in [6.45, 7) is -0.143. The quantitative estimate of drug-likeness (QED) is 0.674. The molecule has 2 N–H and O–H groups in total. The molecule has 0 spiro atoms. The summed E-state index contributed by atoms with van der Waals surface area (Å²) in [6.07, 6.45) is 0. The molecule has 1 heterocycles. The van der Waals surface area contributed by atoms with E-state index in [0.717, 1.165) is 12.1 Å². The van der Waals surface area contributed by atoms with Crippen LogP contribution in [-0.2, 0) is 10.0 Å². The second-order valence-electron chi connectivity index (χ2n) is 2.74. The summed E-state index contributed by atoms with van der Waals surface area (Å²) in [6, 6.07) is 1.79. The molecule has 0 saturated heterocycles. The predicted octanol–water partition coefficient (Wildman–Crippen LogP) is 0.626. The highest BCUT2D eigenvalue weighted by molar-refractivity contribution is 7.89. The summed E-state index contributed by atoms with van der Waals surface area (Å²) in [5, 5.41) is 2.42. The minimum absolute atomic E-state index is 0.143. The monoisotopic (exact) mass is 220 g/mol. The van der Waals surface area contributed by atoms with Gasteiger partial charge in [-0.3, -0.25) is 0 Å². The van der Waals surface area contributed by atoms with Crippen molar-refractivity contribution >= 4 is 15.7 Å². The lowest BCUT2D eigenvalue weighted by Crippen LogP contribution is -2.35. The van der Waals surface area contributed by atoms with Crippen LogP contribution in [0.25, 0.3) is 0 Å². The van der Waals surface area contributed by atoms with Crippen molar-refractivity contribution < 1.29 is 17.2 Å². The van der Waals surface area contributed by atoms with E-state index in [2.05, 4.69) is 10.0 Å². The number of halogens is 2. The Morgan fingerprint density at radius 2 is 2.00 bits per heavy atom. The van der Waals surface area contributed by atoms with Crippen LogP contribution in [0.5, 0.6) is 0 Å². The fourth-order valence-corrected chi connectivity index (χ4v) is 2.31. The standard InChI is InChI=1S/C7H6F2N2O2S/c8-4-1-2-5-7(6(4)9)10-3-11-14(5,12)13/h1-2,10-11H,3H2. The fraction of sp³-hybridized carbons (Fsp3) is 0.143. The Labute approximate surface area is 79.0 Å². The smallest absolute Gasteiger partial charge is 0.244 e. The number of hydrogen-bond acceptors (Lipinski definition) is 3. The summed E-state index contributed by atoms with van der Waals surface area (Å²) in [5.74, 6) is -2.25. The van der Waals surface area contributed by atoms with E-state index >= 15 is 0 Å². The Balaban J connectivity index is 2.75. The van der Waals surface area contributed by atoms with E-state index in [1.54, 1.807) is 0 Å². The molecular weight excluding hydrogens is 214 g/mol. The second-order valence-corrected chi connectivity index (χ2v) is 4.47. The van der Waals surface area contributed by atoms with Crippen molar-refractivity contribution in [1.82, 2.24) is 4.72 Å². The molecule has 0 amide bonds. The van der Waals surface area contributed by atoms with Crippen molar-refractivity contribution in [3.8, 4) is 0 Å². The van der Waals surface area contributed by atoms with Gasteiger partial charge in [-0.15, -0.1) is 0 Å². The maximum absolute atomic E-state index is 13.1. The molecule has 0 radical (unpaired) electrons. The van der Waals surface area contributed by atoms with Crippen molar-refractivity contribution in [3.05, 3.63) is 23.8 Å². The van der Waals surface area contributed by atoms with Gasteiger partial charge in [0.05, 0.1) is 12.4 Å². The molecule has 4 nitrogen and oxygen atoms in total. The number of benzene rings is 1. The minimum atomic E-state index is -3.70. The third kappa shape index (κ3) is 1.25. The zero-order chi connectivity index (χ0) is 10.3. The first-order valence-corrected chi connectivity index (χ1v) is 5.22. The van der Waals surface area contributed by atoms with E-state index in [4.69, 9.17) is 0 Å². The lowest BCUT2D eigenvalue weighted by atomic mass is 10.3. The highest BCUT2D eigenvalue weighted by Crippen LogP contribution is 2.28. The van der Waals surface area contributed by atoms with Gasteiger partial charge in [-0.1, -0.05) is 0 Å². The van der Waals surface area contributed by atoms with Gasteiger partial charge in [0.15, 0.2) is 11.6 Å². The summed E-state index contributed by atoms with van der Waals surface area (Å²) in [5.41, 5.74) is -0.316. The Bertz CT molecular complexity index is 487. The van der Waals surface area contributed by atoms with Crippen LogP contribution in [0.1, 0.15) is 0 Å². The zero-order valence-electron chi connectivity index (χ0n) is 6.84. The van der Waals surface area contributed by atoms with Crippen LogP contribution in [0, 0.1) is 11.6 Å². The van der Waals surface area contributed by atoms with Crippen LogP contribution in [0.2, 0.25) is 0 Å². The normalized spacial score (nSPS) is 18.4. The molecule has 1 aromatic carbocycles. The summed E-state index contributed by atoms with van der Waals surface area (Å²) >= 11 is 0. The number of fused-ring (bicyclic) bond motifs is 1. The van der Waals surface area contributed by atoms with Gasteiger partial charge in [0.25, 0.3) is 0 Å². The van der Waals surface area contributed by atoms with E-state index in [0.29, 0.717) is 0 Å². The summed E-state index contributed by atoms with van der Waals surface area (Å²) in [7, 11) is -3.70. The Morgan fingerprint density at radius 1 is 1.29 bits per heavy atom. The molecule has 0 aromatic heterocycles. The average molecular weight is 220 g/mol. The molecule has 14 heavy (non-hydrogen) atoms. The molecule has 0 fully saturated rings. The van der Waals surface area contributed by atoms with Crippen molar-refractivity contribution in [1.29, 1.82) is 0 Å². The maximum atomic E-state index is 13.1. The summed E-state index contributed by atoms with van der Waals surface area (Å²) < 4.78 is 50.6. The Hall–Kier alpha value is -1.21. The highest BCUT2D eigenvalue weighted by atomic mass is 32.2. The SMILES string of the molecule is O=S1(=O)NCNc2c1ccc(F)c2F. The minimum Gasteiger partial charge on any atom is -0.368 e. The van der Waals surface area contributed by atoms with Crippen LogP contribution >= 0.6 is 0 Å². The second kappa shape index (κ2) is 2.89. The molecule has 76 valence electrons. The molecule has 1 aliphatic rings. The van der Waals surface area contributed by atoms with Crippen LogP contribution in [0.3, 0.4) is 0 Å². The number of anilines is 1. The molecule has 0 bridgehead atoms. The largest absolute Gasteiger partial charge is 0.368 e. The molecule has 7 heteroatoms. The first-order chi connectivity index (χ1) is 6.52. The molecular formula is C7H6F2N2O2S. The Kier molecular flexibility index (Phi) is 1.93. The van der Waals surface area contributed by atoms with Gasteiger partial charge in [0.1, 0.15) is 4.90 Å². The predicted molar refractivity (Wildman–Crippen MR) is 45.2 cm³/mol. The molecule has 0 unspecified atom stereocenters. The average Bonchev–Trinajstić information content (AvgIpc) is 2.11. The van der Waals surface area contributed by atoms with Crippen molar-refractivity contribution in [2.75, 3.05) is 12.0 Å². The number of rotatable bonds is 0. The lowest BCUT2D eigenvalue weighted by Gasteiger charge is -2.19. The molecule has 1 aromatic rings. The Morgan fingerprint density at radius 3 is 2.71 bits per heavy atom. The third-order valence-electron chi connectivity index (χ3n) is 1.87. The lowest BCUT2D eigenvalue weighted by molar-refractivity contribution is 0.505. The van der Waals surface area contributed by atoms with Crippen molar-refractivity contribution in [2.24, 2.45) is 0 Å². The molecule has 0 aliphatic carbocycles. The first-order valence-electron chi connectivity index (χ1n) is 3.74. The van der Waals surface area contributed by atoms with E-state index in [1.807, 2.05) is 0 Å². The number of nitrogens with one attached hydrogen (secondary N) is 2. The van der Waals surface area contributed by atoms with Crippen LogP contribution in [0.15, 0.2) is 17.0 Å². The molecule has 0 saturated carbocycles. The van der Waals surface area contributed by atoms with Crippen LogP contribution in [-0.4, -0.2) is 15.1 Å². The van der Waals surface area contributed by atoms with Crippen molar-refractivity contribution in [3.63, 3.8) is 0 Å². The van der Waals surface area contributed by atoms with Crippen LogP contribution in [0.4, 0.5) is 14.5 Å². The molecule has 2 rings (SSSR count). The maximum Gasteiger partial charge on any atom is 0.244 e. The zero-order valence-corrected chi connectivity index (χ0v) is 7.66. The first kappa shape index (κ1) is 9.35. The van der Waals surface area contributed by atoms with Gasteiger partial charge in [-0.2, -0.15) is 4.72 Å². The van der Waals surface area contributed by atoms with E-state index in [1.165, 1.54) is 0 Å². The van der Waals surface area contributed by atoms with Gasteiger partial charge in [-0.05, 0) is 12.1 Å². The molecule has 0 atom stereocenters. The van der Waals surface area contributed by atoms with Gasteiger partial charge in [0, 0.05) is 0 Å². The topological polar surface area (TPSA) is 58.2 Å². The number of hydrogen-bond donors (Lipinski definition) is 2. The molecule has 1 aliphatic heterocycles. The van der Waals surface area contributed by atoms with Crippen LogP contribution < -0.4 is 10.0 Å². The number of sulfonamides is 1. The van der Waals surface area contributed by atoms with Gasteiger partial charge in [0.2, 0.25) is 10.0 Å². The highest BCUT2D eigenvalue weighted by Gasteiger charge is 2.26. The van der Waals surface area contributed by atoms with E-state index in [-0.39, 0.29) is 17.3 Å². The third-order valence-corrected chi connectivity index (χ3v) is 3.32. The van der Waals surface area contributed by atoms with E-state index < -0.39 is 21.7 Å². The van der Waals surface area contributed by atoms with E-state index in [9.17, 15) is 17.2 Å². The fourth-order valence-electron chi connectivity index (χ4n) is 1.22.